The molecule has 8 heteroatoms. The zero-order valence-corrected chi connectivity index (χ0v) is 10.7. The summed E-state index contributed by atoms with van der Waals surface area (Å²) in [5.41, 5.74) is 5.57. The summed E-state index contributed by atoms with van der Waals surface area (Å²) in [6, 6.07) is 0. The summed E-state index contributed by atoms with van der Waals surface area (Å²) in [6.45, 7) is 2.50. The fraction of sp³-hybridized carbons (Fsp3) is 0.636. The van der Waals surface area contributed by atoms with Crippen LogP contribution in [0.15, 0.2) is 6.20 Å². The number of likely N-dealkylation sites (tertiary alicyclic amines) is 1. The fourth-order valence-corrected chi connectivity index (χ4v) is 1.97. The number of nitrogens with one attached hydrogen (secondary N) is 1. The molecular formula is C11H18N6O2. The monoisotopic (exact) mass is 266 g/mol. The molecule has 0 saturated carbocycles. The van der Waals surface area contributed by atoms with Gasteiger partial charge < -0.3 is 16.0 Å². The smallest absolute Gasteiger partial charge is 0.273 e. The van der Waals surface area contributed by atoms with Crippen molar-refractivity contribution in [3.05, 3.63) is 11.9 Å². The molecule has 0 bridgehead atoms. The predicted octanol–water partition coefficient (Wildman–Crippen LogP) is -1.41. The molecule has 1 aromatic heterocycles. The molecule has 8 nitrogen and oxygen atoms in total. The Hall–Kier alpha value is -1.96. The third kappa shape index (κ3) is 3.50. The second-order valence-electron chi connectivity index (χ2n) is 4.43. The number of carbonyl (C=O) groups is 2. The molecule has 2 amide bonds. The van der Waals surface area contributed by atoms with Gasteiger partial charge in [-0.15, -0.1) is 5.10 Å². The van der Waals surface area contributed by atoms with Crippen LogP contribution in [-0.2, 0) is 11.3 Å². The van der Waals surface area contributed by atoms with E-state index in [1.54, 1.807) is 4.90 Å². The van der Waals surface area contributed by atoms with Crippen LogP contribution in [0.1, 0.15) is 23.3 Å². The van der Waals surface area contributed by atoms with E-state index in [-0.39, 0.29) is 18.1 Å². The van der Waals surface area contributed by atoms with Gasteiger partial charge in [0.15, 0.2) is 5.69 Å². The standard InChI is InChI=1S/C11H18N6O2/c12-3-6-17-8-9(14-15-17)11(19)13-7-10(18)16-4-1-2-5-16/h8H,1-7,12H2,(H,13,19). The lowest BCUT2D eigenvalue weighted by molar-refractivity contribution is -0.129. The summed E-state index contributed by atoms with van der Waals surface area (Å²) in [7, 11) is 0. The van der Waals surface area contributed by atoms with Crippen LogP contribution < -0.4 is 11.1 Å². The van der Waals surface area contributed by atoms with Crippen LogP contribution in [0.4, 0.5) is 0 Å². The van der Waals surface area contributed by atoms with Crippen molar-refractivity contribution in [3.8, 4) is 0 Å². The van der Waals surface area contributed by atoms with Gasteiger partial charge in [0.1, 0.15) is 0 Å². The van der Waals surface area contributed by atoms with Gasteiger partial charge in [-0.25, -0.2) is 0 Å². The quantitative estimate of drug-likeness (QED) is 0.681. The van der Waals surface area contributed by atoms with Crippen LogP contribution in [0.3, 0.4) is 0 Å². The van der Waals surface area contributed by atoms with Gasteiger partial charge in [-0.3, -0.25) is 14.3 Å². The van der Waals surface area contributed by atoms with Crippen LogP contribution in [0.5, 0.6) is 0 Å². The first kappa shape index (κ1) is 13.5. The summed E-state index contributed by atoms with van der Waals surface area (Å²) in [5.74, 6) is -0.448. The molecule has 1 aromatic rings. The van der Waals surface area contributed by atoms with Crippen LogP contribution in [-0.4, -0.2) is 57.9 Å². The summed E-state index contributed by atoms with van der Waals surface area (Å²) in [6.07, 6.45) is 3.59. The molecule has 1 aliphatic rings. The SMILES string of the molecule is NCCn1cc(C(=O)NCC(=O)N2CCCC2)nn1. The highest BCUT2D eigenvalue weighted by Gasteiger charge is 2.19. The first-order valence-electron chi connectivity index (χ1n) is 6.37. The van der Waals surface area contributed by atoms with Crippen LogP contribution in [0.25, 0.3) is 0 Å². The highest BCUT2D eigenvalue weighted by Crippen LogP contribution is 2.06. The first-order chi connectivity index (χ1) is 9.20. The average molecular weight is 266 g/mol. The van der Waals surface area contributed by atoms with E-state index in [0.717, 1.165) is 25.9 Å². The van der Waals surface area contributed by atoms with Crippen molar-refractivity contribution in [3.63, 3.8) is 0 Å². The van der Waals surface area contributed by atoms with E-state index in [4.69, 9.17) is 5.73 Å². The molecule has 1 fully saturated rings. The van der Waals surface area contributed by atoms with E-state index in [1.165, 1.54) is 10.9 Å². The third-order valence-corrected chi connectivity index (χ3v) is 2.99. The van der Waals surface area contributed by atoms with Crippen molar-refractivity contribution < 1.29 is 9.59 Å². The maximum Gasteiger partial charge on any atom is 0.273 e. The number of hydrogen-bond donors (Lipinski definition) is 2. The Bertz CT molecular complexity index is 452. The van der Waals surface area contributed by atoms with Gasteiger partial charge in [0.2, 0.25) is 5.91 Å². The van der Waals surface area contributed by atoms with E-state index < -0.39 is 5.91 Å². The molecule has 0 aromatic carbocycles. The van der Waals surface area contributed by atoms with Gasteiger partial charge in [0.25, 0.3) is 5.91 Å². The van der Waals surface area contributed by atoms with Gasteiger partial charge in [-0.1, -0.05) is 5.21 Å². The lowest BCUT2D eigenvalue weighted by Crippen LogP contribution is -2.38. The second-order valence-corrected chi connectivity index (χ2v) is 4.43. The maximum absolute atomic E-state index is 11.8. The Labute approximate surface area is 110 Å². The summed E-state index contributed by atoms with van der Waals surface area (Å²) < 4.78 is 1.50. The molecule has 1 aliphatic heterocycles. The Kier molecular flexibility index (Phi) is 4.45. The molecule has 2 heterocycles. The van der Waals surface area contributed by atoms with Crippen molar-refractivity contribution in [1.29, 1.82) is 0 Å². The Morgan fingerprint density at radius 3 is 2.79 bits per heavy atom. The molecule has 0 atom stereocenters. The fourth-order valence-electron chi connectivity index (χ4n) is 1.97. The molecule has 104 valence electrons. The third-order valence-electron chi connectivity index (χ3n) is 2.99. The van der Waals surface area contributed by atoms with Crippen molar-refractivity contribution in [2.75, 3.05) is 26.2 Å². The van der Waals surface area contributed by atoms with E-state index in [1.807, 2.05) is 0 Å². The van der Waals surface area contributed by atoms with Crippen LogP contribution in [0, 0.1) is 0 Å². The van der Waals surface area contributed by atoms with Crippen molar-refractivity contribution in [1.82, 2.24) is 25.2 Å². The number of amides is 2. The largest absolute Gasteiger partial charge is 0.342 e. The molecule has 3 N–H and O–H groups in total. The molecule has 0 spiro atoms. The highest BCUT2D eigenvalue weighted by atomic mass is 16.2. The number of nitrogens with two attached hydrogens (primary N) is 1. The Morgan fingerprint density at radius 1 is 1.37 bits per heavy atom. The second kappa shape index (κ2) is 6.28. The van der Waals surface area contributed by atoms with Gasteiger partial charge in [0.05, 0.1) is 19.3 Å². The zero-order chi connectivity index (χ0) is 13.7. The molecule has 0 radical (unpaired) electrons. The Balaban J connectivity index is 1.81. The summed E-state index contributed by atoms with van der Waals surface area (Å²) in [5, 5.41) is 10.0. The van der Waals surface area contributed by atoms with Gasteiger partial charge >= 0.3 is 0 Å². The summed E-state index contributed by atoms with van der Waals surface area (Å²) in [4.78, 5) is 25.3. The first-order valence-corrected chi connectivity index (χ1v) is 6.37. The summed E-state index contributed by atoms with van der Waals surface area (Å²) >= 11 is 0. The zero-order valence-electron chi connectivity index (χ0n) is 10.7. The lowest BCUT2D eigenvalue weighted by Gasteiger charge is -2.14. The highest BCUT2D eigenvalue weighted by molar-refractivity contribution is 5.94. The maximum atomic E-state index is 11.8. The molecule has 0 aliphatic carbocycles. The van der Waals surface area contributed by atoms with Gasteiger partial charge in [-0.2, -0.15) is 0 Å². The minimum Gasteiger partial charge on any atom is -0.342 e. The van der Waals surface area contributed by atoms with E-state index >= 15 is 0 Å². The number of rotatable bonds is 5. The van der Waals surface area contributed by atoms with Crippen molar-refractivity contribution in [2.24, 2.45) is 5.73 Å². The van der Waals surface area contributed by atoms with E-state index in [2.05, 4.69) is 15.6 Å². The minimum absolute atomic E-state index is 0.00256. The average Bonchev–Trinajstić information content (AvgIpc) is 3.06. The normalized spacial score (nSPS) is 14.7. The number of nitrogens with zero attached hydrogens (tertiary/aromatic N) is 4. The molecule has 0 unspecified atom stereocenters. The molecule has 2 rings (SSSR count). The topological polar surface area (TPSA) is 106 Å². The minimum atomic E-state index is -0.393. The molecule has 19 heavy (non-hydrogen) atoms. The van der Waals surface area contributed by atoms with E-state index in [9.17, 15) is 9.59 Å². The molecule has 1 saturated heterocycles. The Morgan fingerprint density at radius 2 is 2.11 bits per heavy atom. The molecular weight excluding hydrogens is 248 g/mol. The predicted molar refractivity (Wildman–Crippen MR) is 67.2 cm³/mol. The number of aromatic nitrogens is 3. The number of hydrogen-bond acceptors (Lipinski definition) is 5. The number of carbonyl (C=O) groups excluding carboxylic acids is 2. The van der Waals surface area contributed by atoms with Crippen molar-refractivity contribution in [2.45, 2.75) is 19.4 Å². The van der Waals surface area contributed by atoms with Crippen LogP contribution in [0.2, 0.25) is 0 Å². The van der Waals surface area contributed by atoms with Gasteiger partial charge in [-0.05, 0) is 12.8 Å². The van der Waals surface area contributed by atoms with Crippen molar-refractivity contribution >= 4 is 11.8 Å². The van der Waals surface area contributed by atoms with Crippen LogP contribution >= 0.6 is 0 Å². The van der Waals surface area contributed by atoms with Gasteiger partial charge in [0, 0.05) is 19.6 Å². The van der Waals surface area contributed by atoms with E-state index in [0.29, 0.717) is 13.1 Å². The lowest BCUT2D eigenvalue weighted by atomic mass is 10.4.